The van der Waals surface area contributed by atoms with E-state index in [1.165, 1.54) is 0 Å². The zero-order chi connectivity index (χ0) is 9.14. The lowest BCUT2D eigenvalue weighted by Gasteiger charge is -2.07. The van der Waals surface area contributed by atoms with Gasteiger partial charge in [0.25, 0.3) is 0 Å². The fraction of sp³-hybridized carbons (Fsp3) is 0.333. The van der Waals surface area contributed by atoms with Gasteiger partial charge in [0.15, 0.2) is 0 Å². The molecule has 0 radical (unpaired) electrons. The van der Waals surface area contributed by atoms with Crippen molar-refractivity contribution in [3.8, 4) is 0 Å². The number of hydrogen-bond donors (Lipinski definition) is 1. The third-order valence-electron chi connectivity index (χ3n) is 1.74. The van der Waals surface area contributed by atoms with Crippen LogP contribution in [0.2, 0.25) is 10.0 Å². The van der Waals surface area contributed by atoms with Crippen LogP contribution in [-0.4, -0.2) is 7.05 Å². The maximum Gasteiger partial charge on any atom is 0.0468 e. The average Bonchev–Trinajstić information content (AvgIpc) is 1.96. The van der Waals surface area contributed by atoms with Crippen LogP contribution in [0.15, 0.2) is 12.1 Å². The van der Waals surface area contributed by atoms with Crippen molar-refractivity contribution in [2.24, 2.45) is 0 Å². The van der Waals surface area contributed by atoms with E-state index in [-0.39, 0.29) is 0 Å². The number of halogens is 2. The summed E-state index contributed by atoms with van der Waals surface area (Å²) in [5, 5.41) is 4.48. The minimum absolute atomic E-state index is 0.692. The molecule has 1 nitrogen and oxygen atoms in total. The molecular weight excluding hydrogens is 193 g/mol. The van der Waals surface area contributed by atoms with Gasteiger partial charge in [0.1, 0.15) is 0 Å². The fourth-order valence-electron chi connectivity index (χ4n) is 1.13. The van der Waals surface area contributed by atoms with E-state index in [9.17, 15) is 0 Å². The molecule has 1 rings (SSSR count). The van der Waals surface area contributed by atoms with E-state index >= 15 is 0 Å². The van der Waals surface area contributed by atoms with Crippen molar-refractivity contribution in [3.05, 3.63) is 33.3 Å². The van der Waals surface area contributed by atoms with Crippen LogP contribution in [0.5, 0.6) is 0 Å². The first-order valence-corrected chi connectivity index (χ1v) is 4.50. The Balaban J connectivity index is 3.10. The zero-order valence-corrected chi connectivity index (χ0v) is 8.63. The highest BCUT2D eigenvalue weighted by Crippen LogP contribution is 2.24. The summed E-state index contributed by atoms with van der Waals surface area (Å²) in [6, 6.07) is 3.68. The van der Waals surface area contributed by atoms with E-state index in [4.69, 9.17) is 23.2 Å². The summed E-state index contributed by atoms with van der Waals surface area (Å²) in [5.41, 5.74) is 2.24. The number of nitrogens with one attached hydrogen (secondary N) is 1. The molecule has 0 heterocycles. The highest BCUT2D eigenvalue weighted by molar-refractivity contribution is 6.35. The van der Waals surface area contributed by atoms with E-state index < -0.39 is 0 Å². The molecule has 0 saturated heterocycles. The van der Waals surface area contributed by atoms with Crippen molar-refractivity contribution < 1.29 is 0 Å². The third kappa shape index (κ3) is 2.13. The lowest BCUT2D eigenvalue weighted by Crippen LogP contribution is -2.07. The molecular formula is C9H11Cl2N. The van der Waals surface area contributed by atoms with Gasteiger partial charge in [-0.1, -0.05) is 23.2 Å². The van der Waals surface area contributed by atoms with Gasteiger partial charge >= 0.3 is 0 Å². The molecule has 0 aromatic heterocycles. The first-order valence-electron chi connectivity index (χ1n) is 3.74. The van der Waals surface area contributed by atoms with E-state index in [0.717, 1.165) is 22.7 Å². The standard InChI is InChI=1S/C9H11Cl2N/c1-6-3-7(10)4-9(11)8(6)5-12-2/h3-4,12H,5H2,1-2H3. The van der Waals surface area contributed by atoms with Crippen molar-refractivity contribution in [3.63, 3.8) is 0 Å². The second kappa shape index (κ2) is 4.13. The Bertz CT molecular complexity index is 261. The van der Waals surface area contributed by atoms with Crippen LogP contribution in [0.1, 0.15) is 11.1 Å². The van der Waals surface area contributed by atoms with Crippen molar-refractivity contribution in [2.75, 3.05) is 7.05 Å². The maximum absolute atomic E-state index is 5.99. The van der Waals surface area contributed by atoms with Crippen LogP contribution in [0, 0.1) is 6.92 Å². The van der Waals surface area contributed by atoms with E-state index in [1.54, 1.807) is 6.07 Å². The molecule has 0 saturated carbocycles. The average molecular weight is 204 g/mol. The monoisotopic (exact) mass is 203 g/mol. The van der Waals surface area contributed by atoms with Crippen molar-refractivity contribution in [1.29, 1.82) is 0 Å². The number of rotatable bonds is 2. The molecule has 1 aromatic carbocycles. The molecule has 0 atom stereocenters. The van der Waals surface area contributed by atoms with Gasteiger partial charge < -0.3 is 5.32 Å². The van der Waals surface area contributed by atoms with E-state index in [0.29, 0.717) is 5.02 Å². The third-order valence-corrected chi connectivity index (χ3v) is 2.29. The first kappa shape index (κ1) is 9.85. The molecule has 3 heteroatoms. The van der Waals surface area contributed by atoms with E-state index in [1.807, 2.05) is 20.0 Å². The Labute approximate surface area is 82.7 Å². The second-order valence-electron chi connectivity index (χ2n) is 2.71. The molecule has 0 aliphatic carbocycles. The molecule has 0 aliphatic rings. The highest BCUT2D eigenvalue weighted by Gasteiger charge is 2.04. The lowest BCUT2D eigenvalue weighted by molar-refractivity contribution is 0.812. The van der Waals surface area contributed by atoms with Crippen LogP contribution >= 0.6 is 23.2 Å². The van der Waals surface area contributed by atoms with Gasteiger partial charge in [-0.25, -0.2) is 0 Å². The Morgan fingerprint density at radius 1 is 1.33 bits per heavy atom. The molecule has 1 aromatic rings. The predicted octanol–water partition coefficient (Wildman–Crippen LogP) is 3.02. The maximum atomic E-state index is 5.99. The van der Waals surface area contributed by atoms with Crippen LogP contribution < -0.4 is 5.32 Å². The smallest absolute Gasteiger partial charge is 0.0468 e. The molecule has 66 valence electrons. The zero-order valence-electron chi connectivity index (χ0n) is 7.12. The lowest BCUT2D eigenvalue weighted by atomic mass is 10.1. The van der Waals surface area contributed by atoms with Gasteiger partial charge in [0.2, 0.25) is 0 Å². The highest BCUT2D eigenvalue weighted by atomic mass is 35.5. The SMILES string of the molecule is CNCc1c(C)cc(Cl)cc1Cl. The normalized spacial score (nSPS) is 10.3. The molecule has 0 amide bonds. The summed E-state index contributed by atoms with van der Waals surface area (Å²) < 4.78 is 0. The molecule has 0 unspecified atom stereocenters. The molecule has 0 aliphatic heterocycles. The molecule has 0 spiro atoms. The van der Waals surface area contributed by atoms with E-state index in [2.05, 4.69) is 5.32 Å². The predicted molar refractivity (Wildman–Crippen MR) is 54.0 cm³/mol. The minimum Gasteiger partial charge on any atom is -0.316 e. The van der Waals surface area contributed by atoms with Crippen molar-refractivity contribution in [1.82, 2.24) is 5.32 Å². The summed E-state index contributed by atoms with van der Waals surface area (Å²) in [5.74, 6) is 0. The van der Waals surface area contributed by atoms with Crippen LogP contribution in [0.4, 0.5) is 0 Å². The Morgan fingerprint density at radius 2 is 2.00 bits per heavy atom. The first-order chi connectivity index (χ1) is 5.65. The minimum atomic E-state index is 0.692. The molecule has 1 N–H and O–H groups in total. The second-order valence-corrected chi connectivity index (χ2v) is 3.56. The summed E-state index contributed by atoms with van der Waals surface area (Å²) in [4.78, 5) is 0. The number of benzene rings is 1. The van der Waals surface area contributed by atoms with Crippen molar-refractivity contribution in [2.45, 2.75) is 13.5 Å². The Hall–Kier alpha value is -0.240. The van der Waals surface area contributed by atoms with Gasteiger partial charge in [-0.15, -0.1) is 0 Å². The quantitative estimate of drug-likeness (QED) is 0.780. The molecule has 0 fully saturated rings. The van der Waals surface area contributed by atoms with Gasteiger partial charge in [0.05, 0.1) is 0 Å². The topological polar surface area (TPSA) is 12.0 Å². The summed E-state index contributed by atoms with van der Waals surface area (Å²) in [7, 11) is 1.89. The largest absolute Gasteiger partial charge is 0.316 e. The summed E-state index contributed by atoms with van der Waals surface area (Å²) >= 11 is 11.8. The number of aryl methyl sites for hydroxylation is 1. The van der Waals surface area contributed by atoms with Gasteiger partial charge in [-0.2, -0.15) is 0 Å². The van der Waals surface area contributed by atoms with Gasteiger partial charge in [-0.05, 0) is 37.2 Å². The van der Waals surface area contributed by atoms with Crippen molar-refractivity contribution >= 4 is 23.2 Å². The molecule has 12 heavy (non-hydrogen) atoms. The van der Waals surface area contributed by atoms with Crippen LogP contribution in [0.3, 0.4) is 0 Å². The summed E-state index contributed by atoms with van der Waals surface area (Å²) in [6.45, 7) is 2.78. The number of hydrogen-bond acceptors (Lipinski definition) is 1. The molecule has 0 bridgehead atoms. The van der Waals surface area contributed by atoms with Crippen LogP contribution in [0.25, 0.3) is 0 Å². The van der Waals surface area contributed by atoms with Crippen LogP contribution in [-0.2, 0) is 6.54 Å². The van der Waals surface area contributed by atoms with Gasteiger partial charge in [0, 0.05) is 16.6 Å². The Kier molecular flexibility index (Phi) is 3.39. The Morgan fingerprint density at radius 3 is 2.50 bits per heavy atom. The fourth-order valence-corrected chi connectivity index (χ4v) is 1.79. The summed E-state index contributed by atoms with van der Waals surface area (Å²) in [6.07, 6.45) is 0. The van der Waals surface area contributed by atoms with Gasteiger partial charge in [-0.3, -0.25) is 0 Å².